The van der Waals surface area contributed by atoms with Crippen molar-refractivity contribution in [2.45, 2.75) is 18.5 Å². The molecule has 0 spiro atoms. The molecule has 2 aromatic rings. The Morgan fingerprint density at radius 2 is 1.87 bits per heavy atom. The molecule has 7 nitrogen and oxygen atoms in total. The third-order valence-corrected chi connectivity index (χ3v) is 4.57. The zero-order chi connectivity index (χ0) is 22.9. The summed E-state index contributed by atoms with van der Waals surface area (Å²) in [5, 5.41) is 4.83. The summed E-state index contributed by atoms with van der Waals surface area (Å²) in [4.78, 5) is 20.6. The normalized spacial score (nSPS) is 18.8. The fraction of sp³-hybridized carbons (Fsp3) is 0.389. The fourth-order valence-corrected chi connectivity index (χ4v) is 3.00. The largest absolute Gasteiger partial charge is 0.495 e. The van der Waals surface area contributed by atoms with Gasteiger partial charge in [0.05, 0.1) is 31.5 Å². The summed E-state index contributed by atoms with van der Waals surface area (Å²) in [5.74, 6) is -2.83. The highest BCUT2D eigenvalue weighted by molar-refractivity contribution is 5.96. The predicted molar refractivity (Wildman–Crippen MR) is 98.5 cm³/mol. The van der Waals surface area contributed by atoms with Gasteiger partial charge in [-0.25, -0.2) is 18.2 Å². The monoisotopic (exact) mass is 449 g/mol. The van der Waals surface area contributed by atoms with Crippen molar-refractivity contribution in [2.75, 3.05) is 37.9 Å². The number of hydrogen-bond donors (Lipinski definition) is 2. The Hall–Kier alpha value is -3.25. The number of carbonyl (C=O) groups excluding carboxylic acids is 1. The number of halogens is 6. The van der Waals surface area contributed by atoms with Crippen molar-refractivity contribution in [2.24, 2.45) is 0 Å². The van der Waals surface area contributed by atoms with E-state index in [9.17, 15) is 31.1 Å². The number of rotatable bonds is 5. The van der Waals surface area contributed by atoms with E-state index in [2.05, 4.69) is 20.6 Å². The predicted octanol–water partition coefficient (Wildman–Crippen LogP) is 3.56. The number of hydrogen-bond acceptors (Lipinski definition) is 6. The van der Waals surface area contributed by atoms with E-state index in [4.69, 9.17) is 4.74 Å². The molecule has 13 heteroatoms. The Balaban J connectivity index is 1.90. The van der Waals surface area contributed by atoms with E-state index < -0.39 is 60.3 Å². The topological polar surface area (TPSA) is 79.4 Å². The Bertz CT molecular complexity index is 977. The van der Waals surface area contributed by atoms with Crippen LogP contribution in [-0.4, -0.2) is 60.4 Å². The number of aromatic nitrogens is 2. The maximum atomic E-state index is 14.6. The molecule has 2 N–H and O–H groups in total. The number of likely N-dealkylation sites (tertiary alicyclic amines) is 1. The van der Waals surface area contributed by atoms with Gasteiger partial charge in [0.25, 0.3) is 5.91 Å². The smallest absolute Gasteiger partial charge is 0.421 e. The minimum Gasteiger partial charge on any atom is -0.495 e. The van der Waals surface area contributed by atoms with Crippen molar-refractivity contribution in [3.63, 3.8) is 0 Å². The van der Waals surface area contributed by atoms with Crippen molar-refractivity contribution in [1.82, 2.24) is 14.9 Å². The average Bonchev–Trinajstić information content (AvgIpc) is 3.05. The molecule has 1 aliphatic rings. The van der Waals surface area contributed by atoms with Crippen LogP contribution in [0, 0.1) is 5.82 Å². The lowest BCUT2D eigenvalue weighted by Gasteiger charge is -2.18. The molecule has 0 aliphatic carbocycles. The van der Waals surface area contributed by atoms with Gasteiger partial charge in [0, 0.05) is 19.3 Å². The Labute approximate surface area is 172 Å². The Morgan fingerprint density at radius 3 is 2.42 bits per heavy atom. The van der Waals surface area contributed by atoms with E-state index in [1.54, 1.807) is 0 Å². The highest BCUT2D eigenvalue weighted by atomic mass is 19.4. The van der Waals surface area contributed by atoms with Gasteiger partial charge < -0.3 is 20.3 Å². The Morgan fingerprint density at radius 1 is 1.23 bits per heavy atom. The maximum Gasteiger partial charge on any atom is 0.421 e. The molecular formula is C18H17F6N5O2. The number of carbonyl (C=O) groups is 1. The second-order valence-corrected chi connectivity index (χ2v) is 6.60. The molecule has 2 heterocycles. The molecule has 2 atom stereocenters. The van der Waals surface area contributed by atoms with Crippen LogP contribution in [0.5, 0.6) is 5.75 Å². The van der Waals surface area contributed by atoms with E-state index in [1.807, 2.05) is 0 Å². The molecule has 168 valence electrons. The molecule has 31 heavy (non-hydrogen) atoms. The lowest BCUT2D eigenvalue weighted by molar-refractivity contribution is -0.137. The fourth-order valence-electron chi connectivity index (χ4n) is 3.00. The maximum absolute atomic E-state index is 14.6. The molecule has 3 rings (SSSR count). The van der Waals surface area contributed by atoms with E-state index >= 15 is 0 Å². The van der Waals surface area contributed by atoms with E-state index in [0.717, 1.165) is 17.0 Å². The molecular weight excluding hydrogens is 432 g/mol. The second kappa shape index (κ2) is 8.47. The number of nitrogens with zero attached hydrogens (tertiary/aromatic N) is 3. The van der Waals surface area contributed by atoms with Crippen molar-refractivity contribution >= 4 is 23.4 Å². The number of nitrogens with one attached hydrogen (secondary N) is 2. The van der Waals surface area contributed by atoms with Crippen LogP contribution in [0.25, 0.3) is 0 Å². The second-order valence-electron chi connectivity index (χ2n) is 6.60. The summed E-state index contributed by atoms with van der Waals surface area (Å²) in [6.07, 6.45) is -7.84. The number of anilines is 3. The van der Waals surface area contributed by atoms with Gasteiger partial charge in [0.2, 0.25) is 5.95 Å². The molecule has 1 aromatic heterocycles. The van der Waals surface area contributed by atoms with Crippen molar-refractivity contribution in [3.8, 4) is 5.75 Å². The van der Waals surface area contributed by atoms with Crippen molar-refractivity contribution in [1.29, 1.82) is 0 Å². The summed E-state index contributed by atoms with van der Waals surface area (Å²) in [6.45, 7) is -1.01. The molecule has 1 aliphatic heterocycles. The van der Waals surface area contributed by atoms with Gasteiger partial charge in [-0.1, -0.05) is 0 Å². The van der Waals surface area contributed by atoms with Crippen LogP contribution in [0.15, 0.2) is 18.3 Å². The third-order valence-electron chi connectivity index (χ3n) is 4.57. The zero-order valence-corrected chi connectivity index (χ0v) is 16.2. The number of benzene rings is 1. The molecule has 0 unspecified atom stereocenters. The van der Waals surface area contributed by atoms with Crippen LogP contribution in [-0.2, 0) is 6.18 Å². The average molecular weight is 449 g/mol. The highest BCUT2D eigenvalue weighted by Gasteiger charge is 2.37. The highest BCUT2D eigenvalue weighted by Crippen LogP contribution is 2.35. The molecule has 1 fully saturated rings. The van der Waals surface area contributed by atoms with Gasteiger partial charge in [-0.2, -0.15) is 18.2 Å². The summed E-state index contributed by atoms with van der Waals surface area (Å²) >= 11 is 0. The lowest BCUT2D eigenvalue weighted by atomic mass is 10.1. The number of ether oxygens (including phenoxy) is 1. The van der Waals surface area contributed by atoms with Crippen LogP contribution < -0.4 is 15.4 Å². The first-order valence-electron chi connectivity index (χ1n) is 8.89. The van der Waals surface area contributed by atoms with E-state index in [1.165, 1.54) is 14.2 Å². The quantitative estimate of drug-likeness (QED) is 0.680. The minimum atomic E-state index is -4.69. The summed E-state index contributed by atoms with van der Waals surface area (Å²) in [6, 6.07) is 1.87. The molecule has 0 saturated carbocycles. The van der Waals surface area contributed by atoms with Crippen LogP contribution in [0.4, 0.5) is 43.8 Å². The van der Waals surface area contributed by atoms with Crippen LogP contribution >= 0.6 is 0 Å². The van der Waals surface area contributed by atoms with E-state index in [-0.39, 0.29) is 17.4 Å². The van der Waals surface area contributed by atoms with Gasteiger partial charge in [-0.05, 0) is 6.07 Å². The third kappa shape index (κ3) is 4.59. The first-order valence-corrected chi connectivity index (χ1v) is 8.89. The standard InChI is InChI=1S/C18H17F6N5O2/c1-25-15-9(18(22,23)24)5-26-17(28-15)27-13-4-10(19)8(3-14(13)31-2)16(30)29-6-11(20)12(21)7-29/h3-5,11-12H,6-7H2,1-2H3,(H2,25,26,27,28)/t11-,12-/m0/s1. The minimum absolute atomic E-state index is 0.0629. The Kier molecular flexibility index (Phi) is 6.13. The summed E-state index contributed by atoms with van der Waals surface area (Å²) in [5.41, 5.74) is -1.65. The molecule has 0 radical (unpaired) electrons. The summed E-state index contributed by atoms with van der Waals surface area (Å²) in [7, 11) is 2.45. The van der Waals surface area contributed by atoms with Gasteiger partial charge in [0.1, 0.15) is 22.9 Å². The van der Waals surface area contributed by atoms with Crippen LogP contribution in [0.3, 0.4) is 0 Å². The molecule has 1 saturated heterocycles. The van der Waals surface area contributed by atoms with Crippen molar-refractivity contribution in [3.05, 3.63) is 35.3 Å². The van der Waals surface area contributed by atoms with Gasteiger partial charge in [0.15, 0.2) is 12.3 Å². The van der Waals surface area contributed by atoms with E-state index in [0.29, 0.717) is 6.20 Å². The zero-order valence-electron chi connectivity index (χ0n) is 16.2. The van der Waals surface area contributed by atoms with Crippen LogP contribution in [0.2, 0.25) is 0 Å². The SMILES string of the molecule is CNc1nc(Nc2cc(F)c(C(=O)N3C[C@H](F)[C@@H](F)C3)cc2OC)ncc1C(F)(F)F. The van der Waals surface area contributed by atoms with Gasteiger partial charge in [-0.3, -0.25) is 4.79 Å². The van der Waals surface area contributed by atoms with Crippen molar-refractivity contribution < 1.29 is 35.9 Å². The molecule has 0 bridgehead atoms. The number of methoxy groups -OCH3 is 1. The van der Waals surface area contributed by atoms with Crippen LogP contribution in [0.1, 0.15) is 15.9 Å². The first kappa shape index (κ1) is 22.4. The number of alkyl halides is 5. The lowest BCUT2D eigenvalue weighted by Crippen LogP contribution is -2.30. The number of amides is 1. The summed E-state index contributed by atoms with van der Waals surface area (Å²) < 4.78 is 85.4. The molecule has 1 aromatic carbocycles. The van der Waals surface area contributed by atoms with Gasteiger partial charge >= 0.3 is 6.18 Å². The molecule has 1 amide bonds. The van der Waals surface area contributed by atoms with Gasteiger partial charge in [-0.15, -0.1) is 0 Å². The first-order chi connectivity index (χ1) is 14.5.